The molecule has 1 aliphatic rings. The van der Waals surface area contributed by atoms with Crippen molar-refractivity contribution in [1.29, 1.82) is 0 Å². The van der Waals surface area contributed by atoms with Crippen LogP contribution < -0.4 is 5.32 Å². The van der Waals surface area contributed by atoms with Crippen molar-refractivity contribution < 1.29 is 18.0 Å². The summed E-state index contributed by atoms with van der Waals surface area (Å²) < 4.78 is 38.6. The SMILES string of the molecule is O=C(NCC(c1cnc(C(F)(F)F)nc1)N1CCCCC1)c1c(Cl)ccc2ncccc12. The molecule has 32 heavy (non-hydrogen) atoms. The van der Waals surface area contributed by atoms with Gasteiger partial charge in [0.15, 0.2) is 0 Å². The quantitative estimate of drug-likeness (QED) is 0.596. The summed E-state index contributed by atoms with van der Waals surface area (Å²) >= 11 is 6.31. The summed E-state index contributed by atoms with van der Waals surface area (Å²) in [5, 5.41) is 3.83. The number of carbonyl (C=O) groups is 1. The lowest BCUT2D eigenvalue weighted by Gasteiger charge is -2.34. The number of nitrogens with one attached hydrogen (secondary N) is 1. The molecule has 0 spiro atoms. The topological polar surface area (TPSA) is 71.0 Å². The molecule has 0 saturated carbocycles. The molecule has 10 heteroatoms. The lowest BCUT2D eigenvalue weighted by atomic mass is 10.0. The number of amides is 1. The first kappa shape index (κ1) is 22.4. The highest BCUT2D eigenvalue weighted by Crippen LogP contribution is 2.29. The highest BCUT2D eigenvalue weighted by Gasteiger charge is 2.35. The molecule has 1 atom stereocenters. The van der Waals surface area contributed by atoms with Gasteiger partial charge in [-0.3, -0.25) is 14.7 Å². The number of likely N-dealkylation sites (tertiary alicyclic amines) is 1. The van der Waals surface area contributed by atoms with Crippen LogP contribution in [-0.4, -0.2) is 45.4 Å². The van der Waals surface area contributed by atoms with Crippen LogP contribution in [0.15, 0.2) is 42.9 Å². The van der Waals surface area contributed by atoms with Crippen molar-refractivity contribution in [2.45, 2.75) is 31.5 Å². The molecule has 6 nitrogen and oxygen atoms in total. The summed E-state index contributed by atoms with van der Waals surface area (Å²) in [5.41, 5.74) is 1.48. The smallest absolute Gasteiger partial charge is 0.350 e. The van der Waals surface area contributed by atoms with E-state index in [1.807, 2.05) is 0 Å². The number of carbonyl (C=O) groups excluding carboxylic acids is 1. The van der Waals surface area contributed by atoms with E-state index >= 15 is 0 Å². The van der Waals surface area contributed by atoms with Crippen LogP contribution in [0, 0.1) is 0 Å². The Balaban J connectivity index is 1.58. The number of aromatic nitrogens is 3. The number of pyridine rings is 1. The Hall–Kier alpha value is -2.78. The Labute approximate surface area is 187 Å². The molecule has 0 radical (unpaired) electrons. The first-order chi connectivity index (χ1) is 15.3. The average Bonchev–Trinajstić information content (AvgIpc) is 2.79. The Kier molecular flexibility index (Phi) is 6.57. The monoisotopic (exact) mass is 463 g/mol. The predicted molar refractivity (Wildman–Crippen MR) is 114 cm³/mol. The summed E-state index contributed by atoms with van der Waals surface area (Å²) in [5.74, 6) is -1.55. The van der Waals surface area contributed by atoms with Gasteiger partial charge < -0.3 is 5.32 Å². The van der Waals surface area contributed by atoms with Crippen molar-refractivity contribution in [3.63, 3.8) is 0 Å². The van der Waals surface area contributed by atoms with Crippen molar-refractivity contribution in [3.8, 4) is 0 Å². The van der Waals surface area contributed by atoms with E-state index in [-0.39, 0.29) is 18.5 Å². The summed E-state index contributed by atoms with van der Waals surface area (Å²) in [6.45, 7) is 1.74. The van der Waals surface area contributed by atoms with Crippen molar-refractivity contribution in [2.24, 2.45) is 0 Å². The van der Waals surface area contributed by atoms with E-state index in [0.29, 0.717) is 27.1 Å². The van der Waals surface area contributed by atoms with E-state index in [2.05, 4.69) is 25.2 Å². The van der Waals surface area contributed by atoms with Gasteiger partial charge in [0.2, 0.25) is 5.82 Å². The molecule has 1 saturated heterocycles. The molecule has 3 aromatic rings. The van der Waals surface area contributed by atoms with Crippen LogP contribution >= 0.6 is 11.6 Å². The van der Waals surface area contributed by atoms with E-state index in [1.54, 1.807) is 30.5 Å². The molecule has 3 heterocycles. The van der Waals surface area contributed by atoms with Crippen molar-refractivity contribution in [2.75, 3.05) is 19.6 Å². The average molecular weight is 464 g/mol. The number of benzene rings is 1. The summed E-state index contributed by atoms with van der Waals surface area (Å²) in [6, 6.07) is 6.51. The van der Waals surface area contributed by atoms with Crippen molar-refractivity contribution in [3.05, 3.63) is 64.8 Å². The van der Waals surface area contributed by atoms with Gasteiger partial charge >= 0.3 is 6.18 Å². The van der Waals surface area contributed by atoms with Gasteiger partial charge in [-0.25, -0.2) is 9.97 Å². The normalized spacial score (nSPS) is 16.1. The Morgan fingerprint density at radius 2 is 1.81 bits per heavy atom. The molecule has 4 rings (SSSR count). The van der Waals surface area contributed by atoms with Gasteiger partial charge in [0.1, 0.15) is 0 Å². The molecule has 1 amide bonds. The minimum atomic E-state index is -4.60. The second-order valence-electron chi connectivity index (χ2n) is 7.65. The van der Waals surface area contributed by atoms with Crippen LogP contribution in [0.4, 0.5) is 13.2 Å². The van der Waals surface area contributed by atoms with Gasteiger partial charge in [-0.05, 0) is 44.1 Å². The number of nitrogens with zero attached hydrogens (tertiary/aromatic N) is 4. The van der Waals surface area contributed by atoms with E-state index in [4.69, 9.17) is 11.6 Å². The van der Waals surface area contributed by atoms with E-state index in [1.165, 1.54) is 12.4 Å². The van der Waals surface area contributed by atoms with Gasteiger partial charge in [0, 0.05) is 36.1 Å². The van der Waals surface area contributed by atoms with E-state index in [9.17, 15) is 18.0 Å². The zero-order chi connectivity index (χ0) is 22.7. The fourth-order valence-corrected chi connectivity index (χ4v) is 4.23. The van der Waals surface area contributed by atoms with Crippen LogP contribution in [-0.2, 0) is 6.18 Å². The highest BCUT2D eigenvalue weighted by atomic mass is 35.5. The van der Waals surface area contributed by atoms with Crippen LogP contribution in [0.1, 0.15) is 47.1 Å². The van der Waals surface area contributed by atoms with Crippen LogP contribution in [0.25, 0.3) is 10.9 Å². The maximum atomic E-state index is 13.1. The summed E-state index contributed by atoms with van der Waals surface area (Å²) in [6.07, 6.45) is 2.46. The first-order valence-corrected chi connectivity index (χ1v) is 10.7. The Bertz CT molecular complexity index is 1100. The molecule has 168 valence electrons. The molecular weight excluding hydrogens is 443 g/mol. The van der Waals surface area contributed by atoms with Gasteiger partial charge in [-0.15, -0.1) is 0 Å². The molecule has 0 aliphatic carbocycles. The maximum Gasteiger partial charge on any atom is 0.451 e. The second kappa shape index (κ2) is 9.38. The van der Waals surface area contributed by atoms with Crippen molar-refractivity contribution >= 4 is 28.4 Å². The van der Waals surface area contributed by atoms with Crippen molar-refractivity contribution in [1.82, 2.24) is 25.2 Å². The molecule has 1 unspecified atom stereocenters. The van der Waals surface area contributed by atoms with Crippen LogP contribution in [0.5, 0.6) is 0 Å². The predicted octanol–water partition coefficient (Wildman–Crippen LogP) is 4.65. The lowest BCUT2D eigenvalue weighted by molar-refractivity contribution is -0.145. The fraction of sp³-hybridized carbons (Fsp3) is 0.364. The number of fused-ring (bicyclic) bond motifs is 1. The van der Waals surface area contributed by atoms with Gasteiger partial charge in [-0.2, -0.15) is 13.2 Å². The molecule has 1 fully saturated rings. The highest BCUT2D eigenvalue weighted by molar-refractivity contribution is 6.35. The number of hydrogen-bond acceptors (Lipinski definition) is 5. The maximum absolute atomic E-state index is 13.1. The third-order valence-electron chi connectivity index (χ3n) is 5.56. The molecular formula is C22H21ClF3N5O. The molecule has 0 bridgehead atoms. The first-order valence-electron chi connectivity index (χ1n) is 10.3. The third kappa shape index (κ3) is 4.83. The summed E-state index contributed by atoms with van der Waals surface area (Å²) in [7, 11) is 0. The lowest BCUT2D eigenvalue weighted by Crippen LogP contribution is -2.41. The zero-order valence-corrected chi connectivity index (χ0v) is 17.8. The second-order valence-corrected chi connectivity index (χ2v) is 8.06. The van der Waals surface area contributed by atoms with Gasteiger partial charge in [-0.1, -0.05) is 24.1 Å². The number of piperidine rings is 1. The molecule has 2 aromatic heterocycles. The number of rotatable bonds is 5. The minimum absolute atomic E-state index is 0.181. The molecule has 1 aromatic carbocycles. The third-order valence-corrected chi connectivity index (χ3v) is 5.87. The number of alkyl halides is 3. The van der Waals surface area contributed by atoms with E-state index in [0.717, 1.165) is 32.4 Å². The van der Waals surface area contributed by atoms with Gasteiger partial charge in [0.25, 0.3) is 5.91 Å². The standard InChI is InChI=1S/C22H21ClF3N5O/c23-16-6-7-17-15(5-4-8-27-17)19(16)20(32)28-13-18(31-9-2-1-3-10-31)14-11-29-21(30-12-14)22(24,25)26/h4-8,11-12,18H,1-3,9-10,13H2,(H,28,32). The Morgan fingerprint density at radius 3 is 2.50 bits per heavy atom. The summed E-state index contributed by atoms with van der Waals surface area (Å²) in [4.78, 5) is 26.5. The Morgan fingerprint density at radius 1 is 1.09 bits per heavy atom. The largest absolute Gasteiger partial charge is 0.451 e. The number of halogens is 4. The minimum Gasteiger partial charge on any atom is -0.350 e. The van der Waals surface area contributed by atoms with Crippen LogP contribution in [0.2, 0.25) is 5.02 Å². The van der Waals surface area contributed by atoms with Gasteiger partial charge in [0.05, 0.1) is 22.1 Å². The molecule has 1 N–H and O–H groups in total. The van der Waals surface area contributed by atoms with Crippen LogP contribution in [0.3, 0.4) is 0 Å². The molecule has 1 aliphatic heterocycles. The van der Waals surface area contributed by atoms with E-state index < -0.39 is 12.0 Å². The fourth-order valence-electron chi connectivity index (χ4n) is 3.98. The zero-order valence-electron chi connectivity index (χ0n) is 17.1. The number of hydrogen-bond donors (Lipinski definition) is 1.